The number of ketones is 1. The molecule has 0 bridgehead atoms. The van der Waals surface area contributed by atoms with Crippen LogP contribution in [0.2, 0.25) is 0 Å². The van der Waals surface area contributed by atoms with Gasteiger partial charge in [-0.2, -0.15) is 0 Å². The normalized spacial score (nSPS) is 25.5. The molecule has 1 unspecified atom stereocenters. The minimum Gasteiger partial charge on any atom is -0.298 e. The zero-order chi connectivity index (χ0) is 11.7. The molecule has 1 heterocycles. The van der Waals surface area contributed by atoms with E-state index in [-0.39, 0.29) is 12.0 Å². The smallest absolute Gasteiger partial charge is 0.153 e. The van der Waals surface area contributed by atoms with Gasteiger partial charge in [0.25, 0.3) is 0 Å². The van der Waals surface area contributed by atoms with E-state index in [9.17, 15) is 4.79 Å². The summed E-state index contributed by atoms with van der Waals surface area (Å²) in [6.07, 6.45) is 0. The molecule has 2 heteroatoms. The highest BCUT2D eigenvalue weighted by Crippen LogP contribution is 2.33. The van der Waals surface area contributed by atoms with Crippen molar-refractivity contribution in [3.8, 4) is 0 Å². The first-order chi connectivity index (χ1) is 7.61. The van der Waals surface area contributed by atoms with E-state index in [0.29, 0.717) is 11.8 Å². The van der Waals surface area contributed by atoms with Gasteiger partial charge in [0, 0.05) is 18.5 Å². The standard InChI is InChI=1S/C14H19NO/c1-10(2)14(16)13-9-15(13)11(3)12-7-5-4-6-8-12/h4-8,10-11,13H,9H2,1-3H3/t11-,13-,15?/m0/s1. The summed E-state index contributed by atoms with van der Waals surface area (Å²) in [6, 6.07) is 10.9. The Hall–Kier alpha value is -1.15. The minimum absolute atomic E-state index is 0.151. The van der Waals surface area contributed by atoms with Crippen molar-refractivity contribution in [3.63, 3.8) is 0 Å². The Morgan fingerprint density at radius 3 is 2.44 bits per heavy atom. The van der Waals surface area contributed by atoms with Crippen molar-refractivity contribution in [2.24, 2.45) is 5.92 Å². The third-order valence-corrected chi connectivity index (χ3v) is 3.33. The molecule has 0 radical (unpaired) electrons. The van der Waals surface area contributed by atoms with Gasteiger partial charge in [-0.3, -0.25) is 9.69 Å². The lowest BCUT2D eigenvalue weighted by molar-refractivity contribution is -0.122. The first-order valence-corrected chi connectivity index (χ1v) is 5.95. The van der Waals surface area contributed by atoms with Crippen LogP contribution in [-0.4, -0.2) is 23.3 Å². The van der Waals surface area contributed by atoms with Crippen molar-refractivity contribution in [1.82, 2.24) is 4.90 Å². The van der Waals surface area contributed by atoms with E-state index in [2.05, 4.69) is 36.1 Å². The van der Waals surface area contributed by atoms with Crippen LogP contribution in [0.25, 0.3) is 0 Å². The number of Topliss-reactive ketones (excluding diaryl/α,β-unsaturated/α-hetero) is 1. The highest BCUT2D eigenvalue weighted by molar-refractivity contribution is 5.88. The van der Waals surface area contributed by atoms with Gasteiger partial charge in [0.05, 0.1) is 6.04 Å². The number of rotatable bonds is 4. The second-order valence-corrected chi connectivity index (χ2v) is 4.86. The van der Waals surface area contributed by atoms with Gasteiger partial charge in [-0.1, -0.05) is 44.2 Å². The Labute approximate surface area is 97.3 Å². The van der Waals surface area contributed by atoms with Crippen LogP contribution in [0, 0.1) is 5.92 Å². The molecule has 1 aliphatic heterocycles. The lowest BCUT2D eigenvalue weighted by atomic mass is 10.1. The van der Waals surface area contributed by atoms with Crippen LogP contribution in [0.5, 0.6) is 0 Å². The predicted octanol–water partition coefficient (Wildman–Crippen LogP) is 2.66. The number of hydrogen-bond donors (Lipinski definition) is 0. The number of carbonyl (C=O) groups excluding carboxylic acids is 1. The molecule has 86 valence electrons. The Morgan fingerprint density at radius 2 is 1.88 bits per heavy atom. The maximum atomic E-state index is 11.8. The molecule has 0 N–H and O–H groups in total. The first kappa shape index (κ1) is 11.3. The topological polar surface area (TPSA) is 20.1 Å². The van der Waals surface area contributed by atoms with Crippen molar-refractivity contribution in [3.05, 3.63) is 35.9 Å². The second kappa shape index (κ2) is 4.38. The van der Waals surface area contributed by atoms with Gasteiger partial charge < -0.3 is 0 Å². The average Bonchev–Trinajstić information content (AvgIpc) is 3.08. The molecule has 1 aromatic rings. The Balaban J connectivity index is 2.00. The molecule has 0 aromatic heterocycles. The summed E-state index contributed by atoms with van der Waals surface area (Å²) in [5, 5.41) is 0. The Kier molecular flexibility index (Phi) is 3.10. The van der Waals surface area contributed by atoms with Gasteiger partial charge in [0.1, 0.15) is 0 Å². The number of benzene rings is 1. The molecule has 1 aromatic carbocycles. The van der Waals surface area contributed by atoms with Gasteiger partial charge in [-0.25, -0.2) is 0 Å². The number of nitrogens with zero attached hydrogens (tertiary/aromatic N) is 1. The summed E-state index contributed by atoms with van der Waals surface area (Å²) in [4.78, 5) is 14.1. The average molecular weight is 217 g/mol. The van der Waals surface area contributed by atoms with Crippen LogP contribution in [0.3, 0.4) is 0 Å². The quantitative estimate of drug-likeness (QED) is 0.723. The molecule has 0 aliphatic carbocycles. The van der Waals surface area contributed by atoms with E-state index >= 15 is 0 Å². The molecule has 3 atom stereocenters. The fraction of sp³-hybridized carbons (Fsp3) is 0.500. The molecule has 2 nitrogen and oxygen atoms in total. The maximum absolute atomic E-state index is 11.8. The molecular weight excluding hydrogens is 198 g/mol. The third-order valence-electron chi connectivity index (χ3n) is 3.33. The zero-order valence-corrected chi connectivity index (χ0v) is 10.2. The molecule has 16 heavy (non-hydrogen) atoms. The number of carbonyl (C=O) groups is 1. The van der Waals surface area contributed by atoms with Gasteiger partial charge >= 0.3 is 0 Å². The molecule has 2 rings (SSSR count). The molecule has 1 saturated heterocycles. The summed E-state index contributed by atoms with van der Waals surface area (Å²) >= 11 is 0. The summed E-state index contributed by atoms with van der Waals surface area (Å²) in [6.45, 7) is 7.05. The van der Waals surface area contributed by atoms with Crippen molar-refractivity contribution >= 4 is 5.78 Å². The highest BCUT2D eigenvalue weighted by Gasteiger charge is 2.43. The zero-order valence-electron chi connectivity index (χ0n) is 10.2. The van der Waals surface area contributed by atoms with Crippen molar-refractivity contribution in [2.75, 3.05) is 6.54 Å². The molecule has 0 spiro atoms. The van der Waals surface area contributed by atoms with E-state index in [1.807, 2.05) is 19.9 Å². The van der Waals surface area contributed by atoms with Gasteiger partial charge in [-0.05, 0) is 12.5 Å². The lowest BCUT2D eigenvalue weighted by Crippen LogP contribution is -2.20. The molecule has 1 fully saturated rings. The van der Waals surface area contributed by atoms with Crippen LogP contribution < -0.4 is 0 Å². The van der Waals surface area contributed by atoms with E-state index in [4.69, 9.17) is 0 Å². The van der Waals surface area contributed by atoms with E-state index in [1.54, 1.807) is 0 Å². The summed E-state index contributed by atoms with van der Waals surface area (Å²) in [7, 11) is 0. The predicted molar refractivity (Wildman–Crippen MR) is 65.2 cm³/mol. The van der Waals surface area contributed by atoms with Crippen molar-refractivity contribution in [2.45, 2.75) is 32.9 Å². The van der Waals surface area contributed by atoms with E-state index < -0.39 is 0 Å². The summed E-state index contributed by atoms with van der Waals surface area (Å²) in [5.74, 6) is 0.528. The first-order valence-electron chi connectivity index (χ1n) is 5.95. The maximum Gasteiger partial charge on any atom is 0.153 e. The van der Waals surface area contributed by atoms with E-state index in [1.165, 1.54) is 5.56 Å². The van der Waals surface area contributed by atoms with Crippen LogP contribution >= 0.6 is 0 Å². The lowest BCUT2D eigenvalue weighted by Gasteiger charge is -2.14. The van der Waals surface area contributed by atoms with Gasteiger partial charge in [-0.15, -0.1) is 0 Å². The monoisotopic (exact) mass is 217 g/mol. The fourth-order valence-electron chi connectivity index (χ4n) is 2.14. The third kappa shape index (κ3) is 2.17. The van der Waals surface area contributed by atoms with Crippen LogP contribution in [0.4, 0.5) is 0 Å². The highest BCUT2D eigenvalue weighted by atomic mass is 16.1. The SMILES string of the molecule is CC(C)C(=O)[C@@H]1CN1[C@@H](C)c1ccccc1. The second-order valence-electron chi connectivity index (χ2n) is 4.86. The molecular formula is C14H19NO. The molecule has 1 aliphatic rings. The minimum atomic E-state index is 0.151. The molecule has 0 amide bonds. The van der Waals surface area contributed by atoms with Gasteiger partial charge in [0.2, 0.25) is 0 Å². The van der Waals surface area contributed by atoms with Crippen LogP contribution in [-0.2, 0) is 4.79 Å². The largest absolute Gasteiger partial charge is 0.298 e. The number of hydrogen-bond acceptors (Lipinski definition) is 2. The fourth-order valence-corrected chi connectivity index (χ4v) is 2.14. The summed E-state index contributed by atoms with van der Waals surface area (Å²) in [5.41, 5.74) is 1.29. The van der Waals surface area contributed by atoms with Crippen molar-refractivity contribution < 1.29 is 4.79 Å². The Morgan fingerprint density at radius 1 is 1.25 bits per heavy atom. The van der Waals surface area contributed by atoms with Crippen molar-refractivity contribution in [1.29, 1.82) is 0 Å². The van der Waals surface area contributed by atoms with Crippen LogP contribution in [0.1, 0.15) is 32.4 Å². The van der Waals surface area contributed by atoms with E-state index in [0.717, 1.165) is 6.54 Å². The molecule has 0 saturated carbocycles. The summed E-state index contributed by atoms with van der Waals surface area (Å²) < 4.78 is 0. The van der Waals surface area contributed by atoms with Gasteiger partial charge in [0.15, 0.2) is 5.78 Å². The Bertz CT molecular complexity index is 372. The van der Waals surface area contributed by atoms with Crippen LogP contribution in [0.15, 0.2) is 30.3 Å².